The van der Waals surface area contributed by atoms with Crippen LogP contribution in [0.3, 0.4) is 0 Å². The molecule has 0 aliphatic rings. The fraction of sp³-hybridized carbons (Fsp3) is 0.583. The molecule has 1 aromatic carbocycles. The number of carbonyl (C=O) groups is 4. The van der Waals surface area contributed by atoms with Gasteiger partial charge in [0.25, 0.3) is 0 Å². The second kappa shape index (κ2) is 14.9. The predicted molar refractivity (Wildman–Crippen MR) is 129 cm³/mol. The van der Waals surface area contributed by atoms with Gasteiger partial charge < -0.3 is 27.0 Å². The molecule has 0 fully saturated rings. The summed E-state index contributed by atoms with van der Waals surface area (Å²) in [6, 6.07) is 6.12. The summed E-state index contributed by atoms with van der Waals surface area (Å²) in [7, 11) is 0. The zero-order valence-electron chi connectivity index (χ0n) is 20.2. The van der Waals surface area contributed by atoms with Crippen molar-refractivity contribution in [2.75, 3.05) is 18.4 Å². The molecule has 0 spiro atoms. The van der Waals surface area contributed by atoms with Crippen LogP contribution in [0.2, 0.25) is 0 Å². The van der Waals surface area contributed by atoms with Crippen LogP contribution in [-0.4, -0.2) is 42.9 Å². The standard InChI is InChI=1S/C24H39N5O4/c1-16(2)7-12-21(30)27-15-22(31)29-20(6-5-13-26-24(25)33)23(32)28-19-10-8-18(9-11-19)14-17(3)4/h8-11,16-17,20H,5-7,12-15H2,1-4H3,(H,27,30)(H,28,32)(H,29,31)(H3,25,26,33). The average molecular weight is 462 g/mol. The quantitative estimate of drug-likeness (QED) is 0.271. The lowest BCUT2D eigenvalue weighted by molar-refractivity contribution is -0.128. The molecule has 1 unspecified atom stereocenters. The van der Waals surface area contributed by atoms with Crippen LogP contribution in [0, 0.1) is 11.8 Å². The first-order valence-electron chi connectivity index (χ1n) is 11.6. The third-order valence-electron chi connectivity index (χ3n) is 4.88. The van der Waals surface area contributed by atoms with Gasteiger partial charge in [0.15, 0.2) is 0 Å². The van der Waals surface area contributed by atoms with Gasteiger partial charge >= 0.3 is 6.03 Å². The van der Waals surface area contributed by atoms with Gasteiger partial charge in [-0.15, -0.1) is 0 Å². The van der Waals surface area contributed by atoms with Crippen molar-refractivity contribution in [1.29, 1.82) is 0 Å². The minimum atomic E-state index is -0.824. The Hall–Kier alpha value is -3.10. The second-order valence-corrected chi connectivity index (χ2v) is 9.05. The van der Waals surface area contributed by atoms with E-state index in [1.165, 1.54) is 5.56 Å². The average Bonchev–Trinajstić information content (AvgIpc) is 2.73. The maximum Gasteiger partial charge on any atom is 0.312 e. The lowest BCUT2D eigenvalue weighted by Gasteiger charge is -2.19. The lowest BCUT2D eigenvalue weighted by atomic mass is 10.0. The molecular weight excluding hydrogens is 422 g/mol. The van der Waals surface area contributed by atoms with Gasteiger partial charge in [-0.25, -0.2) is 4.79 Å². The third-order valence-corrected chi connectivity index (χ3v) is 4.88. The molecule has 5 amide bonds. The number of hydrogen-bond donors (Lipinski definition) is 5. The summed E-state index contributed by atoms with van der Waals surface area (Å²) in [6.45, 7) is 8.41. The molecule has 184 valence electrons. The van der Waals surface area contributed by atoms with E-state index in [4.69, 9.17) is 5.73 Å². The molecule has 1 atom stereocenters. The van der Waals surface area contributed by atoms with Gasteiger partial charge in [0.1, 0.15) is 6.04 Å². The highest BCUT2D eigenvalue weighted by atomic mass is 16.2. The number of nitrogens with one attached hydrogen (secondary N) is 4. The summed E-state index contributed by atoms with van der Waals surface area (Å²) in [4.78, 5) is 47.9. The molecule has 0 aliphatic carbocycles. The Morgan fingerprint density at radius 1 is 0.879 bits per heavy atom. The molecule has 9 heteroatoms. The third kappa shape index (κ3) is 13.1. The van der Waals surface area contributed by atoms with Crippen LogP contribution in [0.15, 0.2) is 24.3 Å². The molecule has 0 bridgehead atoms. The van der Waals surface area contributed by atoms with Gasteiger partial charge in [-0.1, -0.05) is 39.8 Å². The summed E-state index contributed by atoms with van der Waals surface area (Å²) < 4.78 is 0. The summed E-state index contributed by atoms with van der Waals surface area (Å²) in [5, 5.41) is 10.5. The monoisotopic (exact) mass is 461 g/mol. The smallest absolute Gasteiger partial charge is 0.312 e. The summed E-state index contributed by atoms with van der Waals surface area (Å²) >= 11 is 0. The van der Waals surface area contributed by atoms with Crippen LogP contribution in [0.4, 0.5) is 10.5 Å². The number of benzene rings is 1. The summed E-state index contributed by atoms with van der Waals surface area (Å²) in [5.74, 6) is -0.101. The molecule has 0 aromatic heterocycles. The maximum absolute atomic E-state index is 12.8. The minimum absolute atomic E-state index is 0.202. The second-order valence-electron chi connectivity index (χ2n) is 9.05. The Kier molecular flexibility index (Phi) is 12.6. The van der Waals surface area contributed by atoms with Crippen LogP contribution in [0.25, 0.3) is 0 Å². The summed E-state index contributed by atoms with van der Waals surface area (Å²) in [5.41, 5.74) is 6.87. The molecule has 9 nitrogen and oxygen atoms in total. The van der Waals surface area contributed by atoms with E-state index in [2.05, 4.69) is 35.1 Å². The van der Waals surface area contributed by atoms with E-state index in [9.17, 15) is 19.2 Å². The number of anilines is 1. The Balaban J connectivity index is 2.67. The Morgan fingerprint density at radius 3 is 2.12 bits per heavy atom. The van der Waals surface area contributed by atoms with Crippen molar-refractivity contribution in [1.82, 2.24) is 16.0 Å². The molecular formula is C24H39N5O4. The number of hydrogen-bond acceptors (Lipinski definition) is 4. The first-order valence-corrected chi connectivity index (χ1v) is 11.6. The number of amides is 5. The van der Waals surface area contributed by atoms with Crippen molar-refractivity contribution < 1.29 is 19.2 Å². The molecule has 0 aliphatic heterocycles. The van der Waals surface area contributed by atoms with Gasteiger partial charge in [0.2, 0.25) is 17.7 Å². The number of carbonyl (C=O) groups excluding carboxylic acids is 4. The van der Waals surface area contributed by atoms with Crippen molar-refractivity contribution in [3.8, 4) is 0 Å². The van der Waals surface area contributed by atoms with E-state index >= 15 is 0 Å². The van der Waals surface area contributed by atoms with E-state index in [1.54, 1.807) is 0 Å². The van der Waals surface area contributed by atoms with E-state index in [1.807, 2.05) is 38.1 Å². The Bertz CT molecular complexity index is 778. The van der Waals surface area contributed by atoms with E-state index in [0.717, 1.165) is 12.8 Å². The lowest BCUT2D eigenvalue weighted by Crippen LogP contribution is -2.47. The molecule has 0 saturated carbocycles. The van der Waals surface area contributed by atoms with Crippen LogP contribution < -0.4 is 27.0 Å². The van der Waals surface area contributed by atoms with Crippen LogP contribution in [0.5, 0.6) is 0 Å². The van der Waals surface area contributed by atoms with Crippen molar-refractivity contribution in [2.45, 2.75) is 65.8 Å². The molecule has 33 heavy (non-hydrogen) atoms. The van der Waals surface area contributed by atoms with Gasteiger partial charge in [0.05, 0.1) is 6.54 Å². The molecule has 1 rings (SSSR count). The fourth-order valence-corrected chi connectivity index (χ4v) is 3.14. The normalized spacial score (nSPS) is 11.7. The molecule has 6 N–H and O–H groups in total. The van der Waals surface area contributed by atoms with Crippen LogP contribution in [-0.2, 0) is 20.8 Å². The van der Waals surface area contributed by atoms with Crippen LogP contribution >= 0.6 is 0 Å². The Labute approximate surface area is 196 Å². The number of urea groups is 1. The van der Waals surface area contributed by atoms with Gasteiger partial charge in [-0.2, -0.15) is 0 Å². The largest absolute Gasteiger partial charge is 0.352 e. The predicted octanol–water partition coefficient (Wildman–Crippen LogP) is 2.31. The van der Waals surface area contributed by atoms with Gasteiger partial charge in [-0.05, 0) is 55.2 Å². The van der Waals surface area contributed by atoms with Crippen molar-refractivity contribution in [2.24, 2.45) is 17.6 Å². The van der Waals surface area contributed by atoms with Gasteiger partial charge in [0, 0.05) is 18.7 Å². The number of nitrogens with two attached hydrogens (primary N) is 1. The SMILES string of the molecule is CC(C)CCC(=O)NCC(=O)NC(CCCNC(N)=O)C(=O)Nc1ccc(CC(C)C)cc1. The van der Waals surface area contributed by atoms with E-state index in [0.29, 0.717) is 36.8 Å². The van der Waals surface area contributed by atoms with Gasteiger partial charge in [-0.3, -0.25) is 14.4 Å². The topological polar surface area (TPSA) is 142 Å². The zero-order chi connectivity index (χ0) is 24.8. The molecule has 0 heterocycles. The highest BCUT2D eigenvalue weighted by molar-refractivity contribution is 5.97. The zero-order valence-corrected chi connectivity index (χ0v) is 20.2. The molecule has 1 aromatic rings. The van der Waals surface area contributed by atoms with Crippen molar-refractivity contribution in [3.63, 3.8) is 0 Å². The summed E-state index contributed by atoms with van der Waals surface area (Å²) in [6.07, 6.45) is 2.77. The maximum atomic E-state index is 12.8. The van der Waals surface area contributed by atoms with Crippen molar-refractivity contribution in [3.05, 3.63) is 29.8 Å². The number of rotatable bonds is 14. The molecule has 0 radical (unpaired) electrons. The highest BCUT2D eigenvalue weighted by Gasteiger charge is 2.21. The molecule has 0 saturated heterocycles. The number of primary amides is 1. The highest BCUT2D eigenvalue weighted by Crippen LogP contribution is 2.14. The first-order chi connectivity index (χ1) is 15.6. The minimum Gasteiger partial charge on any atom is -0.352 e. The Morgan fingerprint density at radius 2 is 1.55 bits per heavy atom. The fourth-order valence-electron chi connectivity index (χ4n) is 3.14. The van der Waals surface area contributed by atoms with Crippen LogP contribution in [0.1, 0.15) is 58.9 Å². The van der Waals surface area contributed by atoms with E-state index < -0.39 is 18.0 Å². The van der Waals surface area contributed by atoms with E-state index in [-0.39, 0.29) is 24.9 Å². The van der Waals surface area contributed by atoms with Crippen molar-refractivity contribution >= 4 is 29.4 Å². The first kappa shape index (κ1) is 27.9.